The first-order chi connectivity index (χ1) is 6.68. The van der Waals surface area contributed by atoms with Crippen molar-refractivity contribution in [3.05, 3.63) is 0 Å². The molecule has 0 amide bonds. The highest BCUT2D eigenvalue weighted by Crippen LogP contribution is 1.98. The monoisotopic (exact) mass is 200 g/mol. The standard InChI is InChI=1S/C11H20O3/c1-10(2)11(12)7-5-4-6-8-14-9-13-3/h10-12H,4,6,8-9H2,1-3H3/t11-/m1/s1. The summed E-state index contributed by atoms with van der Waals surface area (Å²) in [7, 11) is 1.60. The van der Waals surface area contributed by atoms with Crippen LogP contribution in [0.5, 0.6) is 0 Å². The van der Waals surface area contributed by atoms with E-state index >= 15 is 0 Å². The zero-order valence-corrected chi connectivity index (χ0v) is 9.25. The van der Waals surface area contributed by atoms with Crippen molar-refractivity contribution in [2.75, 3.05) is 20.5 Å². The maximum atomic E-state index is 9.34. The molecule has 14 heavy (non-hydrogen) atoms. The van der Waals surface area contributed by atoms with Crippen molar-refractivity contribution in [1.82, 2.24) is 0 Å². The molecule has 0 aliphatic heterocycles. The van der Waals surface area contributed by atoms with Gasteiger partial charge in [-0.2, -0.15) is 0 Å². The molecule has 0 aliphatic rings. The van der Waals surface area contributed by atoms with E-state index in [-0.39, 0.29) is 5.92 Å². The molecule has 0 spiro atoms. The summed E-state index contributed by atoms with van der Waals surface area (Å²) in [5.74, 6) is 5.92. The van der Waals surface area contributed by atoms with E-state index in [9.17, 15) is 5.11 Å². The third-order valence-corrected chi connectivity index (χ3v) is 1.67. The first kappa shape index (κ1) is 13.4. The van der Waals surface area contributed by atoms with Crippen molar-refractivity contribution in [2.45, 2.75) is 32.8 Å². The molecule has 82 valence electrons. The lowest BCUT2D eigenvalue weighted by Gasteiger charge is -2.05. The van der Waals surface area contributed by atoms with Gasteiger partial charge in [-0.25, -0.2) is 0 Å². The van der Waals surface area contributed by atoms with E-state index in [0.717, 1.165) is 12.8 Å². The predicted molar refractivity (Wildman–Crippen MR) is 55.7 cm³/mol. The van der Waals surface area contributed by atoms with Crippen LogP contribution >= 0.6 is 0 Å². The summed E-state index contributed by atoms with van der Waals surface area (Å²) in [5, 5.41) is 9.34. The summed E-state index contributed by atoms with van der Waals surface area (Å²) in [5.41, 5.74) is 0. The van der Waals surface area contributed by atoms with Gasteiger partial charge in [0.15, 0.2) is 0 Å². The van der Waals surface area contributed by atoms with Gasteiger partial charge in [-0.3, -0.25) is 0 Å². The number of hydrogen-bond donors (Lipinski definition) is 1. The number of hydrogen-bond acceptors (Lipinski definition) is 3. The van der Waals surface area contributed by atoms with Crippen LogP contribution in [0.3, 0.4) is 0 Å². The molecule has 0 unspecified atom stereocenters. The number of aliphatic hydroxyl groups is 1. The summed E-state index contributed by atoms with van der Waals surface area (Å²) >= 11 is 0. The summed E-state index contributed by atoms with van der Waals surface area (Å²) in [6.45, 7) is 4.88. The highest BCUT2D eigenvalue weighted by Gasteiger charge is 2.02. The summed E-state index contributed by atoms with van der Waals surface area (Å²) in [4.78, 5) is 0. The highest BCUT2D eigenvalue weighted by molar-refractivity contribution is 5.05. The van der Waals surface area contributed by atoms with Crippen molar-refractivity contribution in [3.8, 4) is 11.8 Å². The Morgan fingerprint density at radius 2 is 2.07 bits per heavy atom. The normalized spacial score (nSPS) is 12.4. The van der Waals surface area contributed by atoms with Gasteiger partial charge in [0, 0.05) is 13.5 Å². The SMILES string of the molecule is COCOCCCC#C[C@@H](O)C(C)C. The Balaban J connectivity index is 3.34. The number of unbranched alkanes of at least 4 members (excludes halogenated alkanes) is 1. The van der Waals surface area contributed by atoms with E-state index in [1.807, 2.05) is 13.8 Å². The minimum atomic E-state index is -0.505. The van der Waals surface area contributed by atoms with Gasteiger partial charge in [0.2, 0.25) is 0 Å². The Labute approximate surface area is 86.4 Å². The Kier molecular flexibility index (Phi) is 8.65. The lowest BCUT2D eigenvalue weighted by Crippen LogP contribution is -2.11. The maximum absolute atomic E-state index is 9.34. The van der Waals surface area contributed by atoms with Crippen molar-refractivity contribution in [2.24, 2.45) is 5.92 Å². The quantitative estimate of drug-likeness (QED) is 0.400. The molecule has 1 N–H and O–H groups in total. The van der Waals surface area contributed by atoms with E-state index in [2.05, 4.69) is 11.8 Å². The molecule has 1 atom stereocenters. The van der Waals surface area contributed by atoms with Crippen LogP contribution in [0, 0.1) is 17.8 Å². The molecule has 3 nitrogen and oxygen atoms in total. The second-order valence-corrected chi connectivity index (χ2v) is 3.43. The van der Waals surface area contributed by atoms with E-state index in [1.54, 1.807) is 7.11 Å². The van der Waals surface area contributed by atoms with Gasteiger partial charge in [-0.05, 0) is 12.3 Å². The van der Waals surface area contributed by atoms with E-state index in [1.165, 1.54) is 0 Å². The fourth-order valence-electron chi connectivity index (χ4n) is 0.748. The van der Waals surface area contributed by atoms with Gasteiger partial charge in [0.05, 0.1) is 6.61 Å². The fraction of sp³-hybridized carbons (Fsp3) is 0.818. The van der Waals surface area contributed by atoms with Crippen LogP contribution in [-0.4, -0.2) is 31.7 Å². The third kappa shape index (κ3) is 8.06. The highest BCUT2D eigenvalue weighted by atomic mass is 16.7. The average molecular weight is 200 g/mol. The average Bonchev–Trinajstić information content (AvgIpc) is 2.16. The summed E-state index contributed by atoms with van der Waals surface area (Å²) in [6, 6.07) is 0. The second kappa shape index (κ2) is 9.01. The van der Waals surface area contributed by atoms with Crippen molar-refractivity contribution in [1.29, 1.82) is 0 Å². The first-order valence-electron chi connectivity index (χ1n) is 4.91. The zero-order chi connectivity index (χ0) is 10.8. The molecule has 0 rings (SSSR count). The maximum Gasteiger partial charge on any atom is 0.146 e. The molecule has 3 heteroatoms. The minimum Gasteiger partial charge on any atom is -0.380 e. The van der Waals surface area contributed by atoms with Crippen molar-refractivity contribution in [3.63, 3.8) is 0 Å². The first-order valence-corrected chi connectivity index (χ1v) is 4.91. The van der Waals surface area contributed by atoms with Crippen molar-refractivity contribution < 1.29 is 14.6 Å². The largest absolute Gasteiger partial charge is 0.380 e. The van der Waals surface area contributed by atoms with Crippen LogP contribution < -0.4 is 0 Å². The number of aliphatic hydroxyl groups excluding tert-OH is 1. The molecule has 0 aromatic carbocycles. The molecular weight excluding hydrogens is 180 g/mol. The van der Waals surface area contributed by atoms with Crippen LogP contribution in [0.15, 0.2) is 0 Å². The molecular formula is C11H20O3. The predicted octanol–water partition coefficient (Wildman–Crippen LogP) is 1.41. The molecule has 0 aromatic rings. The van der Waals surface area contributed by atoms with E-state index in [0.29, 0.717) is 13.4 Å². The molecule has 0 saturated carbocycles. The number of methoxy groups -OCH3 is 1. The molecule has 0 radical (unpaired) electrons. The minimum absolute atomic E-state index is 0.201. The second-order valence-electron chi connectivity index (χ2n) is 3.43. The summed E-state index contributed by atoms with van der Waals surface area (Å²) in [6.07, 6.45) is 1.13. The zero-order valence-electron chi connectivity index (χ0n) is 9.25. The Bertz CT molecular complexity index is 179. The van der Waals surface area contributed by atoms with Gasteiger partial charge in [-0.15, -0.1) is 5.92 Å². The van der Waals surface area contributed by atoms with Gasteiger partial charge in [-0.1, -0.05) is 19.8 Å². The van der Waals surface area contributed by atoms with Gasteiger partial charge in [0.1, 0.15) is 12.9 Å². The smallest absolute Gasteiger partial charge is 0.146 e. The molecule has 0 aromatic heterocycles. The van der Waals surface area contributed by atoms with Crippen molar-refractivity contribution >= 4 is 0 Å². The Morgan fingerprint density at radius 3 is 2.64 bits per heavy atom. The Hall–Kier alpha value is -0.560. The Morgan fingerprint density at radius 1 is 1.36 bits per heavy atom. The van der Waals surface area contributed by atoms with E-state index in [4.69, 9.17) is 9.47 Å². The summed E-state index contributed by atoms with van der Waals surface area (Å²) < 4.78 is 9.80. The van der Waals surface area contributed by atoms with Crippen LogP contribution in [0.25, 0.3) is 0 Å². The molecule has 0 bridgehead atoms. The lowest BCUT2D eigenvalue weighted by molar-refractivity contribution is -0.0307. The lowest BCUT2D eigenvalue weighted by atomic mass is 10.1. The van der Waals surface area contributed by atoms with Crippen LogP contribution in [0.1, 0.15) is 26.7 Å². The van der Waals surface area contributed by atoms with Gasteiger partial charge in [0.25, 0.3) is 0 Å². The van der Waals surface area contributed by atoms with Crippen LogP contribution in [0.4, 0.5) is 0 Å². The van der Waals surface area contributed by atoms with Gasteiger partial charge >= 0.3 is 0 Å². The molecule has 0 saturated heterocycles. The molecule has 0 fully saturated rings. The molecule has 0 heterocycles. The van der Waals surface area contributed by atoms with Gasteiger partial charge < -0.3 is 14.6 Å². The van der Waals surface area contributed by atoms with Crippen LogP contribution in [0.2, 0.25) is 0 Å². The number of ether oxygens (including phenoxy) is 2. The fourth-order valence-corrected chi connectivity index (χ4v) is 0.748. The topological polar surface area (TPSA) is 38.7 Å². The van der Waals surface area contributed by atoms with Crippen LogP contribution in [-0.2, 0) is 9.47 Å². The van der Waals surface area contributed by atoms with E-state index < -0.39 is 6.10 Å². The molecule has 0 aliphatic carbocycles. The third-order valence-electron chi connectivity index (χ3n) is 1.67. The number of rotatable bonds is 6.